The van der Waals surface area contributed by atoms with Gasteiger partial charge in [0, 0.05) is 0 Å². The maximum absolute atomic E-state index is 11.7. The van der Waals surface area contributed by atoms with Crippen molar-refractivity contribution in [3.63, 3.8) is 0 Å². The van der Waals surface area contributed by atoms with Crippen molar-refractivity contribution in [2.45, 2.75) is 20.8 Å². The number of rotatable bonds is 3. The molecule has 0 aliphatic carbocycles. The van der Waals surface area contributed by atoms with Crippen LogP contribution < -0.4 is 4.74 Å². The highest BCUT2D eigenvalue weighted by atomic mass is 16.5. The Morgan fingerprint density at radius 2 is 1.94 bits per heavy atom. The smallest absolute Gasteiger partial charge is 0.316 e. The number of allylic oxidation sites excluding steroid dienone is 1. The van der Waals surface area contributed by atoms with Gasteiger partial charge in [-0.3, -0.25) is 9.59 Å². The van der Waals surface area contributed by atoms with E-state index in [4.69, 9.17) is 4.74 Å². The number of hydrogen-bond donors (Lipinski definition) is 1. The second-order valence-corrected chi connectivity index (χ2v) is 4.89. The molecule has 0 atom stereocenters. The maximum atomic E-state index is 11.7. The summed E-state index contributed by atoms with van der Waals surface area (Å²) in [6.45, 7) is 8.52. The fourth-order valence-electron chi connectivity index (χ4n) is 1.15. The van der Waals surface area contributed by atoms with Gasteiger partial charge in [-0.1, -0.05) is 6.58 Å². The van der Waals surface area contributed by atoms with Gasteiger partial charge in [-0.2, -0.15) is 0 Å². The van der Waals surface area contributed by atoms with Gasteiger partial charge in [-0.25, -0.2) is 0 Å². The lowest BCUT2D eigenvalue weighted by molar-refractivity contribution is -0.143. The molecular formula is C14H16O4. The van der Waals surface area contributed by atoms with E-state index in [1.54, 1.807) is 20.8 Å². The van der Waals surface area contributed by atoms with Crippen molar-refractivity contribution in [2.24, 2.45) is 5.41 Å². The number of benzene rings is 1. The van der Waals surface area contributed by atoms with Crippen LogP contribution >= 0.6 is 0 Å². The zero-order chi connectivity index (χ0) is 13.9. The van der Waals surface area contributed by atoms with Crippen molar-refractivity contribution in [1.29, 1.82) is 0 Å². The highest BCUT2D eigenvalue weighted by molar-refractivity contribution is 6.06. The van der Waals surface area contributed by atoms with Gasteiger partial charge in [-0.05, 0) is 45.0 Å². The van der Waals surface area contributed by atoms with Crippen LogP contribution in [0.3, 0.4) is 0 Å². The summed E-state index contributed by atoms with van der Waals surface area (Å²) < 4.78 is 5.13. The number of ketones is 1. The lowest BCUT2D eigenvalue weighted by Crippen LogP contribution is -2.25. The molecule has 0 saturated carbocycles. The van der Waals surface area contributed by atoms with Gasteiger partial charge in [0.25, 0.3) is 0 Å². The summed E-state index contributed by atoms with van der Waals surface area (Å²) in [5.74, 6) is -0.792. The van der Waals surface area contributed by atoms with Gasteiger partial charge < -0.3 is 9.84 Å². The standard InChI is InChI=1S/C14H16O4/c1-5-11(15)10-8-9(6-7-12(10)16)18-13(17)14(2,3)4/h5-8,16H,1H2,2-4H3. The Morgan fingerprint density at radius 3 is 2.44 bits per heavy atom. The first-order valence-corrected chi connectivity index (χ1v) is 5.48. The summed E-state index contributed by atoms with van der Waals surface area (Å²) in [6.07, 6.45) is 1.09. The number of hydrogen-bond acceptors (Lipinski definition) is 4. The molecule has 0 heterocycles. The third kappa shape index (κ3) is 3.20. The fraction of sp³-hybridized carbons (Fsp3) is 0.286. The fourth-order valence-corrected chi connectivity index (χ4v) is 1.15. The van der Waals surface area contributed by atoms with E-state index in [9.17, 15) is 14.7 Å². The normalized spacial score (nSPS) is 10.8. The zero-order valence-corrected chi connectivity index (χ0v) is 10.7. The molecule has 1 aromatic rings. The van der Waals surface area contributed by atoms with Crippen LogP contribution in [-0.4, -0.2) is 16.9 Å². The van der Waals surface area contributed by atoms with Crippen LogP contribution in [0.1, 0.15) is 31.1 Å². The predicted octanol–water partition coefficient (Wildman–Crippen LogP) is 2.71. The first-order chi connectivity index (χ1) is 8.25. The van der Waals surface area contributed by atoms with Gasteiger partial charge in [0.15, 0.2) is 5.78 Å². The van der Waals surface area contributed by atoms with E-state index in [0.717, 1.165) is 6.08 Å². The van der Waals surface area contributed by atoms with Gasteiger partial charge >= 0.3 is 5.97 Å². The average molecular weight is 248 g/mol. The molecular weight excluding hydrogens is 232 g/mol. The molecule has 0 aromatic heterocycles. The number of aromatic hydroxyl groups is 1. The largest absolute Gasteiger partial charge is 0.507 e. The Balaban J connectivity index is 3.03. The lowest BCUT2D eigenvalue weighted by Gasteiger charge is -2.16. The number of esters is 1. The molecule has 1 N–H and O–H groups in total. The van der Waals surface area contributed by atoms with E-state index in [1.165, 1.54) is 18.2 Å². The van der Waals surface area contributed by atoms with Crippen molar-refractivity contribution in [2.75, 3.05) is 0 Å². The molecule has 0 bridgehead atoms. The molecule has 4 heteroatoms. The van der Waals surface area contributed by atoms with Crippen molar-refractivity contribution < 1.29 is 19.4 Å². The molecule has 1 aromatic carbocycles. The van der Waals surface area contributed by atoms with Gasteiger partial charge in [0.1, 0.15) is 11.5 Å². The Morgan fingerprint density at radius 1 is 1.33 bits per heavy atom. The van der Waals surface area contributed by atoms with Crippen molar-refractivity contribution in [1.82, 2.24) is 0 Å². The van der Waals surface area contributed by atoms with E-state index in [2.05, 4.69) is 6.58 Å². The molecule has 0 amide bonds. The number of carbonyl (C=O) groups excluding carboxylic acids is 2. The van der Waals surface area contributed by atoms with Crippen LogP contribution in [0.5, 0.6) is 11.5 Å². The van der Waals surface area contributed by atoms with Crippen LogP contribution in [-0.2, 0) is 4.79 Å². The van der Waals surface area contributed by atoms with E-state index < -0.39 is 17.2 Å². The SMILES string of the molecule is C=CC(=O)c1cc(OC(=O)C(C)(C)C)ccc1O. The summed E-state index contributed by atoms with van der Waals surface area (Å²) >= 11 is 0. The molecule has 0 saturated heterocycles. The maximum Gasteiger partial charge on any atom is 0.316 e. The minimum absolute atomic E-state index is 0.0595. The van der Waals surface area contributed by atoms with Gasteiger partial charge in [-0.15, -0.1) is 0 Å². The molecule has 1 rings (SSSR count). The Hall–Kier alpha value is -2.10. The van der Waals surface area contributed by atoms with Crippen molar-refractivity contribution >= 4 is 11.8 Å². The highest BCUT2D eigenvalue weighted by Crippen LogP contribution is 2.25. The number of phenolic OH excluding ortho intramolecular Hbond substituents is 1. The van der Waals surface area contributed by atoms with E-state index in [1.807, 2.05) is 0 Å². The topological polar surface area (TPSA) is 63.6 Å². The van der Waals surface area contributed by atoms with E-state index in [-0.39, 0.29) is 17.1 Å². The van der Waals surface area contributed by atoms with Crippen LogP contribution in [0.15, 0.2) is 30.9 Å². The molecule has 0 spiro atoms. The van der Waals surface area contributed by atoms with Crippen molar-refractivity contribution in [3.8, 4) is 11.5 Å². The summed E-state index contributed by atoms with van der Waals surface area (Å²) in [6, 6.07) is 4.06. The summed E-state index contributed by atoms with van der Waals surface area (Å²) in [5.41, 5.74) is -0.579. The second-order valence-electron chi connectivity index (χ2n) is 4.89. The summed E-state index contributed by atoms with van der Waals surface area (Å²) in [5, 5.41) is 9.52. The molecule has 0 aliphatic heterocycles. The lowest BCUT2D eigenvalue weighted by atomic mass is 9.97. The quantitative estimate of drug-likeness (QED) is 0.386. The van der Waals surface area contributed by atoms with E-state index in [0.29, 0.717) is 0 Å². The van der Waals surface area contributed by atoms with Crippen LogP contribution in [0, 0.1) is 5.41 Å². The molecule has 18 heavy (non-hydrogen) atoms. The number of ether oxygens (including phenoxy) is 1. The molecule has 96 valence electrons. The monoisotopic (exact) mass is 248 g/mol. The Labute approximate surface area is 106 Å². The highest BCUT2D eigenvalue weighted by Gasteiger charge is 2.24. The zero-order valence-electron chi connectivity index (χ0n) is 10.7. The Kier molecular flexibility index (Phi) is 3.91. The third-order valence-electron chi connectivity index (χ3n) is 2.24. The molecule has 4 nitrogen and oxygen atoms in total. The molecule has 0 fully saturated rings. The van der Waals surface area contributed by atoms with Crippen LogP contribution in [0.4, 0.5) is 0 Å². The molecule has 0 radical (unpaired) electrons. The number of phenols is 1. The number of carbonyl (C=O) groups is 2. The summed E-state index contributed by atoms with van der Waals surface area (Å²) in [7, 11) is 0. The Bertz CT molecular complexity index is 495. The van der Waals surface area contributed by atoms with Gasteiger partial charge in [0.05, 0.1) is 11.0 Å². The third-order valence-corrected chi connectivity index (χ3v) is 2.24. The van der Waals surface area contributed by atoms with Gasteiger partial charge in [0.2, 0.25) is 0 Å². The first kappa shape index (κ1) is 14.0. The predicted molar refractivity (Wildman–Crippen MR) is 67.7 cm³/mol. The van der Waals surface area contributed by atoms with Crippen LogP contribution in [0.25, 0.3) is 0 Å². The summed E-state index contributed by atoms with van der Waals surface area (Å²) in [4.78, 5) is 23.1. The minimum atomic E-state index is -0.638. The average Bonchev–Trinajstić information content (AvgIpc) is 2.29. The minimum Gasteiger partial charge on any atom is -0.507 e. The first-order valence-electron chi connectivity index (χ1n) is 5.48. The molecule has 0 aliphatic rings. The van der Waals surface area contributed by atoms with E-state index >= 15 is 0 Å². The molecule has 0 unspecified atom stereocenters. The van der Waals surface area contributed by atoms with Crippen molar-refractivity contribution in [3.05, 3.63) is 36.4 Å². The van der Waals surface area contributed by atoms with Crippen LogP contribution in [0.2, 0.25) is 0 Å². The second kappa shape index (κ2) is 5.04.